The fourth-order valence-electron chi connectivity index (χ4n) is 2.65. The monoisotopic (exact) mass is 307 g/mol. The normalized spacial score (nSPS) is 16.0. The van der Waals surface area contributed by atoms with E-state index in [9.17, 15) is 0 Å². The average Bonchev–Trinajstić information content (AvgIpc) is 2.61. The Morgan fingerprint density at radius 2 is 1.96 bits per heavy atom. The first-order valence-corrected chi connectivity index (χ1v) is 7.98. The predicted molar refractivity (Wildman–Crippen MR) is 91.3 cm³/mol. The van der Waals surface area contributed by atoms with Crippen molar-refractivity contribution in [1.82, 2.24) is 5.32 Å². The molecule has 0 aliphatic carbocycles. The molecule has 0 fully saturated rings. The van der Waals surface area contributed by atoms with Gasteiger partial charge in [0.25, 0.3) is 0 Å². The first-order valence-electron chi connectivity index (χ1n) is 7.98. The lowest BCUT2D eigenvalue weighted by Gasteiger charge is -2.26. The van der Waals surface area contributed by atoms with Crippen molar-refractivity contribution < 1.29 is 9.84 Å². The molecular formula is C20H21NO2. The van der Waals surface area contributed by atoms with Gasteiger partial charge in [-0.3, -0.25) is 0 Å². The molecule has 2 aromatic rings. The number of fused-ring (bicyclic) bond motifs is 1. The number of benzene rings is 2. The lowest BCUT2D eigenvalue weighted by Crippen LogP contribution is -2.38. The summed E-state index contributed by atoms with van der Waals surface area (Å²) in [6.45, 7) is 1.64. The highest BCUT2D eigenvalue weighted by atomic mass is 16.5. The van der Waals surface area contributed by atoms with Gasteiger partial charge in [0.05, 0.1) is 6.61 Å². The Kier molecular flexibility index (Phi) is 5.31. The molecule has 3 heteroatoms. The maximum atomic E-state index is 8.72. The minimum atomic E-state index is 0.113. The van der Waals surface area contributed by atoms with Crippen molar-refractivity contribution >= 4 is 0 Å². The topological polar surface area (TPSA) is 41.5 Å². The molecule has 1 heterocycles. The minimum absolute atomic E-state index is 0.113. The van der Waals surface area contributed by atoms with Gasteiger partial charge in [-0.2, -0.15) is 0 Å². The van der Waals surface area contributed by atoms with Crippen LogP contribution in [0.25, 0.3) is 0 Å². The standard InChI is InChI=1S/C20H21NO2/c22-12-4-3-5-16-8-10-17(11-9-16)14-21-19-13-18-6-1-2-7-20(18)23-15-19/h1-2,6-11,19,21-22H,4,12-15H2/t19-/m0/s1. The zero-order valence-electron chi connectivity index (χ0n) is 13.1. The SMILES string of the molecule is OCCC#Cc1ccc(CN[C@@H]2COc3ccccc3C2)cc1. The van der Waals surface area contributed by atoms with E-state index in [0.29, 0.717) is 19.1 Å². The Hall–Kier alpha value is -2.28. The molecular weight excluding hydrogens is 286 g/mol. The smallest absolute Gasteiger partial charge is 0.122 e. The summed E-state index contributed by atoms with van der Waals surface area (Å²) < 4.78 is 5.80. The summed E-state index contributed by atoms with van der Waals surface area (Å²) in [5.41, 5.74) is 3.49. The quantitative estimate of drug-likeness (QED) is 0.853. The Labute approximate surface area is 137 Å². The molecule has 0 saturated carbocycles. The van der Waals surface area contributed by atoms with E-state index in [0.717, 1.165) is 24.3 Å². The maximum Gasteiger partial charge on any atom is 0.122 e. The van der Waals surface area contributed by atoms with Gasteiger partial charge in [0, 0.05) is 24.6 Å². The number of para-hydroxylation sites is 1. The van der Waals surface area contributed by atoms with Crippen molar-refractivity contribution in [3.05, 3.63) is 65.2 Å². The van der Waals surface area contributed by atoms with Crippen LogP contribution in [0.4, 0.5) is 0 Å². The van der Waals surface area contributed by atoms with E-state index in [4.69, 9.17) is 9.84 Å². The zero-order valence-corrected chi connectivity index (χ0v) is 13.1. The van der Waals surface area contributed by atoms with E-state index in [1.165, 1.54) is 11.1 Å². The molecule has 0 unspecified atom stereocenters. The fraction of sp³-hybridized carbons (Fsp3) is 0.300. The van der Waals surface area contributed by atoms with E-state index in [-0.39, 0.29) is 6.61 Å². The highest BCUT2D eigenvalue weighted by molar-refractivity contribution is 5.37. The second kappa shape index (κ2) is 7.82. The van der Waals surface area contributed by atoms with Gasteiger partial charge < -0.3 is 15.2 Å². The van der Waals surface area contributed by atoms with Crippen LogP contribution in [0, 0.1) is 11.8 Å². The minimum Gasteiger partial charge on any atom is -0.492 e. The molecule has 1 aliphatic rings. The first-order chi connectivity index (χ1) is 11.3. The molecule has 0 saturated heterocycles. The summed E-state index contributed by atoms with van der Waals surface area (Å²) in [6, 6.07) is 16.8. The third kappa shape index (κ3) is 4.35. The number of aliphatic hydroxyl groups excluding tert-OH is 1. The summed E-state index contributed by atoms with van der Waals surface area (Å²) in [7, 11) is 0. The van der Waals surface area contributed by atoms with Crippen LogP contribution in [0.5, 0.6) is 5.75 Å². The van der Waals surface area contributed by atoms with Crippen molar-refractivity contribution in [3.8, 4) is 17.6 Å². The van der Waals surface area contributed by atoms with Crippen molar-refractivity contribution in [3.63, 3.8) is 0 Å². The largest absolute Gasteiger partial charge is 0.492 e. The molecule has 3 nitrogen and oxygen atoms in total. The van der Waals surface area contributed by atoms with E-state index in [1.54, 1.807) is 0 Å². The molecule has 1 aliphatic heterocycles. The number of ether oxygens (including phenoxy) is 1. The van der Waals surface area contributed by atoms with Crippen LogP contribution in [0.15, 0.2) is 48.5 Å². The first kappa shape index (κ1) is 15.6. The van der Waals surface area contributed by atoms with Crippen molar-refractivity contribution in [2.24, 2.45) is 0 Å². The van der Waals surface area contributed by atoms with Crippen molar-refractivity contribution in [1.29, 1.82) is 0 Å². The van der Waals surface area contributed by atoms with Crippen molar-refractivity contribution in [2.45, 2.75) is 25.4 Å². The molecule has 0 amide bonds. The summed E-state index contributed by atoms with van der Waals surface area (Å²) in [4.78, 5) is 0. The van der Waals surface area contributed by atoms with Crippen LogP contribution in [0.1, 0.15) is 23.1 Å². The zero-order chi connectivity index (χ0) is 15.9. The van der Waals surface area contributed by atoms with Gasteiger partial charge in [-0.1, -0.05) is 42.2 Å². The number of hydrogen-bond acceptors (Lipinski definition) is 3. The fourth-order valence-corrected chi connectivity index (χ4v) is 2.65. The Morgan fingerprint density at radius 1 is 1.13 bits per heavy atom. The Balaban J connectivity index is 1.52. The number of hydrogen-bond donors (Lipinski definition) is 2. The van der Waals surface area contributed by atoms with Gasteiger partial charge in [-0.15, -0.1) is 0 Å². The Bertz CT molecular complexity index is 698. The van der Waals surface area contributed by atoms with Crippen LogP contribution in [0.2, 0.25) is 0 Å². The second-order valence-corrected chi connectivity index (χ2v) is 5.67. The van der Waals surface area contributed by atoms with Crippen LogP contribution < -0.4 is 10.1 Å². The molecule has 0 bridgehead atoms. The molecule has 2 N–H and O–H groups in total. The summed E-state index contributed by atoms with van der Waals surface area (Å²) in [5, 5.41) is 12.3. The summed E-state index contributed by atoms with van der Waals surface area (Å²) in [5.74, 6) is 6.98. The number of nitrogens with one attached hydrogen (secondary N) is 1. The third-order valence-corrected chi connectivity index (χ3v) is 3.90. The third-order valence-electron chi connectivity index (χ3n) is 3.90. The van der Waals surface area contributed by atoms with E-state index < -0.39 is 0 Å². The molecule has 0 spiro atoms. The van der Waals surface area contributed by atoms with Crippen LogP contribution >= 0.6 is 0 Å². The molecule has 23 heavy (non-hydrogen) atoms. The number of aliphatic hydroxyl groups is 1. The molecule has 1 atom stereocenters. The second-order valence-electron chi connectivity index (χ2n) is 5.67. The molecule has 2 aromatic carbocycles. The van der Waals surface area contributed by atoms with Crippen molar-refractivity contribution in [2.75, 3.05) is 13.2 Å². The lowest BCUT2D eigenvalue weighted by atomic mass is 10.0. The van der Waals surface area contributed by atoms with Crippen LogP contribution in [-0.2, 0) is 13.0 Å². The van der Waals surface area contributed by atoms with Gasteiger partial charge in [0.2, 0.25) is 0 Å². The average molecular weight is 307 g/mol. The van der Waals surface area contributed by atoms with E-state index in [2.05, 4.69) is 41.4 Å². The molecule has 0 radical (unpaired) electrons. The van der Waals surface area contributed by atoms with Gasteiger partial charge in [0.15, 0.2) is 0 Å². The maximum absolute atomic E-state index is 8.72. The summed E-state index contributed by atoms with van der Waals surface area (Å²) in [6.07, 6.45) is 1.52. The lowest BCUT2D eigenvalue weighted by molar-refractivity contribution is 0.238. The van der Waals surface area contributed by atoms with Gasteiger partial charge in [-0.25, -0.2) is 0 Å². The van der Waals surface area contributed by atoms with Crippen LogP contribution in [0.3, 0.4) is 0 Å². The van der Waals surface area contributed by atoms with E-state index in [1.807, 2.05) is 24.3 Å². The molecule has 0 aromatic heterocycles. The predicted octanol–water partition coefficient (Wildman–Crippen LogP) is 2.51. The highest BCUT2D eigenvalue weighted by Gasteiger charge is 2.18. The van der Waals surface area contributed by atoms with Gasteiger partial charge in [0.1, 0.15) is 12.4 Å². The van der Waals surface area contributed by atoms with Crippen LogP contribution in [-0.4, -0.2) is 24.4 Å². The van der Waals surface area contributed by atoms with E-state index >= 15 is 0 Å². The van der Waals surface area contributed by atoms with Gasteiger partial charge >= 0.3 is 0 Å². The van der Waals surface area contributed by atoms with Gasteiger partial charge in [-0.05, 0) is 35.7 Å². The highest BCUT2D eigenvalue weighted by Crippen LogP contribution is 2.23. The Morgan fingerprint density at radius 3 is 2.78 bits per heavy atom. The number of rotatable bonds is 4. The summed E-state index contributed by atoms with van der Waals surface area (Å²) >= 11 is 0. The molecule has 3 rings (SSSR count). The molecule has 118 valence electrons.